The summed E-state index contributed by atoms with van der Waals surface area (Å²) in [6.45, 7) is 0.836. The van der Waals surface area contributed by atoms with Crippen LogP contribution in [-0.2, 0) is 93.0 Å². The van der Waals surface area contributed by atoms with Crippen LogP contribution in [0, 0.1) is 0 Å². The zero-order valence-corrected chi connectivity index (χ0v) is 60.3. The van der Waals surface area contributed by atoms with Crippen LogP contribution in [0.2, 0.25) is 0 Å². The van der Waals surface area contributed by atoms with E-state index >= 15 is 0 Å². The molecule has 38 nitrogen and oxygen atoms in total. The number of aryl methyl sites for hydroxylation is 2. The summed E-state index contributed by atoms with van der Waals surface area (Å²) in [6, 6.07) is 26.1. The minimum atomic E-state index is -2.57. The normalized spacial score (nSPS) is 21.1. The Bertz CT molecular complexity index is 3940. The van der Waals surface area contributed by atoms with Gasteiger partial charge in [0.1, 0.15) is 64.8 Å². The van der Waals surface area contributed by atoms with Crippen LogP contribution in [0.4, 0.5) is 0 Å². The number of carboxylic acids is 3. The summed E-state index contributed by atoms with van der Waals surface area (Å²) in [6.07, 6.45) is -11.2. The molecule has 0 spiro atoms. The number of nitrogens with zero attached hydrogens (tertiary/aromatic N) is 6. The first-order valence-electron chi connectivity index (χ1n) is 35.4. The molecule has 598 valence electrons. The number of aromatic nitrogens is 6. The number of hydrogen-bond donors (Lipinski definition) is 14. The molecule has 13 atom stereocenters. The first kappa shape index (κ1) is 85.6. The van der Waals surface area contributed by atoms with E-state index in [1.807, 2.05) is 12.1 Å². The highest BCUT2D eigenvalue weighted by Gasteiger charge is 2.57. The lowest BCUT2D eigenvalue weighted by Gasteiger charge is -2.46. The van der Waals surface area contributed by atoms with Crippen LogP contribution < -0.4 is 36.1 Å². The topological polar surface area (TPSA) is 532 Å². The Morgan fingerprint density at radius 1 is 0.527 bits per heavy atom. The number of benzene rings is 4. The summed E-state index contributed by atoms with van der Waals surface area (Å²) >= 11 is 0. The van der Waals surface area contributed by atoms with E-state index in [9.17, 15) is 84.3 Å². The molecule has 4 aromatic carbocycles. The van der Waals surface area contributed by atoms with E-state index in [4.69, 9.17) is 47.4 Å². The van der Waals surface area contributed by atoms with Crippen LogP contribution in [0.5, 0.6) is 23.0 Å². The summed E-state index contributed by atoms with van der Waals surface area (Å²) in [4.78, 5) is 101. The molecule has 2 saturated heterocycles. The Morgan fingerprint density at radius 2 is 0.936 bits per heavy atom. The largest absolute Gasteiger partial charge is 0.480 e. The first-order chi connectivity index (χ1) is 52.8. The molecule has 2 aliphatic heterocycles. The number of unbranched alkanes of at least 4 members (excludes halogenated alkanes) is 1. The van der Waals surface area contributed by atoms with Crippen LogP contribution in [0.25, 0.3) is 0 Å². The van der Waals surface area contributed by atoms with E-state index in [1.165, 1.54) is 28.9 Å². The third-order valence-electron chi connectivity index (χ3n) is 17.2. The number of carboxylic acid groups (broad SMARTS) is 3. The van der Waals surface area contributed by atoms with Crippen molar-refractivity contribution in [3.63, 3.8) is 0 Å². The Labute approximate surface area is 630 Å². The molecule has 110 heavy (non-hydrogen) atoms. The molecule has 0 aliphatic carbocycles. The van der Waals surface area contributed by atoms with Gasteiger partial charge in [-0.1, -0.05) is 59.0 Å². The van der Waals surface area contributed by atoms with E-state index < -0.39 is 165 Å². The maximum atomic E-state index is 13.1. The second-order valence-electron chi connectivity index (χ2n) is 25.7. The highest BCUT2D eigenvalue weighted by Crippen LogP contribution is 2.36. The lowest BCUT2D eigenvalue weighted by molar-refractivity contribution is -0.312. The lowest BCUT2D eigenvalue weighted by atomic mass is 9.88. The van der Waals surface area contributed by atoms with Gasteiger partial charge in [0, 0.05) is 70.4 Å². The molecule has 0 radical (unpaired) electrons. The molecule has 0 unspecified atom stereocenters. The van der Waals surface area contributed by atoms with Gasteiger partial charge in [-0.2, -0.15) is 0 Å². The van der Waals surface area contributed by atoms with Crippen LogP contribution in [0.1, 0.15) is 90.9 Å². The van der Waals surface area contributed by atoms with Gasteiger partial charge in [-0.3, -0.25) is 33.3 Å². The third-order valence-corrected chi connectivity index (χ3v) is 17.2. The Kier molecular flexibility index (Phi) is 33.3. The second-order valence-corrected chi connectivity index (χ2v) is 25.7. The van der Waals surface area contributed by atoms with E-state index in [0.717, 1.165) is 13.8 Å². The molecule has 38 heteroatoms. The van der Waals surface area contributed by atoms with Gasteiger partial charge in [-0.25, -0.2) is 14.4 Å². The lowest BCUT2D eigenvalue weighted by Crippen LogP contribution is -2.68. The molecular weight excluding hydrogens is 1450 g/mol. The van der Waals surface area contributed by atoms with Crippen molar-refractivity contribution in [2.75, 3.05) is 65.9 Å². The van der Waals surface area contributed by atoms with Gasteiger partial charge in [-0.15, -0.1) is 10.2 Å². The maximum Gasteiger partial charge on any atom is 0.364 e. The van der Waals surface area contributed by atoms with Crippen molar-refractivity contribution >= 4 is 47.4 Å². The van der Waals surface area contributed by atoms with Gasteiger partial charge in [0.2, 0.25) is 17.7 Å². The number of nitrogens with one attached hydrogen (secondary N) is 5. The average molecular weight is 1540 g/mol. The number of carbonyl (C=O) groups is 8. The smallest absolute Gasteiger partial charge is 0.364 e. The molecule has 5 amide bonds. The minimum absolute atomic E-state index is 0.00892. The van der Waals surface area contributed by atoms with Crippen molar-refractivity contribution < 1.29 is 132 Å². The minimum Gasteiger partial charge on any atom is -0.480 e. The van der Waals surface area contributed by atoms with Gasteiger partial charge in [0.15, 0.2) is 0 Å². The molecule has 4 heterocycles. The predicted molar refractivity (Wildman–Crippen MR) is 377 cm³/mol. The molecule has 2 fully saturated rings. The number of carbonyl (C=O) groups excluding carboxylic acids is 5. The Hall–Kier alpha value is -10.0. The van der Waals surface area contributed by atoms with Gasteiger partial charge in [0.25, 0.3) is 23.4 Å². The number of hydrogen-bond acceptors (Lipinski definition) is 28. The fourth-order valence-electron chi connectivity index (χ4n) is 11.7. The first-order valence-corrected chi connectivity index (χ1v) is 35.4. The molecule has 2 aromatic heterocycles. The summed E-state index contributed by atoms with van der Waals surface area (Å²) in [5.74, 6) is -11.0. The average Bonchev–Trinajstić information content (AvgIpc) is 0.981. The fourth-order valence-corrected chi connectivity index (χ4v) is 11.7. The highest BCUT2D eigenvalue weighted by atomic mass is 16.7. The van der Waals surface area contributed by atoms with E-state index in [0.29, 0.717) is 60.2 Å². The number of aliphatic hydroxyl groups excluding tert-OH is 6. The number of aliphatic carboxylic acids is 3. The van der Waals surface area contributed by atoms with E-state index in [-0.39, 0.29) is 83.4 Å². The van der Waals surface area contributed by atoms with Crippen LogP contribution in [-0.4, -0.2) is 268 Å². The molecule has 0 saturated carbocycles. The van der Waals surface area contributed by atoms with Gasteiger partial charge in [0.05, 0.1) is 115 Å². The summed E-state index contributed by atoms with van der Waals surface area (Å²) < 4.78 is 59.9. The van der Waals surface area contributed by atoms with Crippen LogP contribution in [0.15, 0.2) is 122 Å². The predicted octanol–water partition coefficient (Wildman–Crippen LogP) is -0.0517. The van der Waals surface area contributed by atoms with Crippen LogP contribution >= 0.6 is 0 Å². The molecular formula is C72H93N11O27. The third kappa shape index (κ3) is 26.3. The number of ether oxygens (including phenoxy) is 10. The maximum absolute atomic E-state index is 13.1. The fraction of sp³-hybridized carbons (Fsp3) is 0.500. The van der Waals surface area contributed by atoms with Gasteiger partial charge < -0.3 is 120 Å². The van der Waals surface area contributed by atoms with Crippen molar-refractivity contribution in [2.45, 2.75) is 164 Å². The van der Waals surface area contributed by atoms with Gasteiger partial charge in [-0.05, 0) is 86.3 Å². The number of aliphatic hydroxyl groups is 6. The van der Waals surface area contributed by atoms with Crippen molar-refractivity contribution in [2.24, 2.45) is 0 Å². The number of para-hydroxylation sites is 2. The van der Waals surface area contributed by atoms with E-state index in [1.54, 1.807) is 89.9 Å². The Balaban J connectivity index is 0.659. The summed E-state index contributed by atoms with van der Waals surface area (Å²) in [7, 11) is 0. The zero-order valence-electron chi connectivity index (χ0n) is 60.3. The molecule has 14 N–H and O–H groups in total. The van der Waals surface area contributed by atoms with Crippen molar-refractivity contribution in [3.05, 3.63) is 144 Å². The van der Waals surface area contributed by atoms with Gasteiger partial charge >= 0.3 is 17.9 Å². The molecule has 2 aliphatic rings. The summed E-state index contributed by atoms with van der Waals surface area (Å²) in [5.41, 5.74) is 1.24. The number of rotatable bonds is 47. The highest BCUT2D eigenvalue weighted by molar-refractivity contribution is 5.95. The van der Waals surface area contributed by atoms with E-state index in [2.05, 4.69) is 47.2 Å². The monoisotopic (exact) mass is 1540 g/mol. The SMILES string of the molecule is CC(=O)N[C@H]1[C@H]([C@H](O)[C@H](O)CNC(=O)c2cccc(Oc3ccccc3)c2)O[C@@](OCCOCCOCc2cn(CCCC[C@H](NC(=O)CCCn3cc(COCCOCCO[C@]4(C(=O)O)C[C@H](O)[C@@H](NC(C)=O)[C@H]([C@H](O)[C@H](O)CNC(=O)c5cccc(Oc6ccccc6)c5)O4)nn3)C(=O)O)nn2)(C(=O)O)C[C@@H]1O. The quantitative estimate of drug-likeness (QED) is 0.0223. The standard InChI is InChI=1S/C72H93N11O27/c1-44(84)75-60-55(86)36-71(69(97)98,109-64(60)62(91)57(88)38-73-66(93)46-14-11-20-52(34-46)107-50-16-5-3-6-17-50)105-32-30-101-26-28-103-42-48-40-82(80-78-48)24-10-9-22-54(68(95)96)77-59(90)23-13-25-83-41-49(79-81-83)43-104-29-27-102-31-33-106-72(70(99)100)37-56(87)61(76-45(2)85)65(110-72)63(92)58(89)39-74-67(94)47-15-12-21-53(35-47)108-51-18-7-4-8-19-51/h3-8,11-12,14-21,34-35,40-41,54-58,60-65,86-89,91-92H,9-10,13,22-33,36-39,42-43H2,1-2H3,(H,73,93)(H,74,94)(H,75,84)(H,76,85)(H,77,90)(H,95,96)(H,97,98)(H,99,100)/t54-,55-,56-,57+,58+,60+,61+,62+,63+,64+,65+,71+,72+/m0/s1. The van der Waals surface area contributed by atoms with Crippen molar-refractivity contribution in [1.82, 2.24) is 56.6 Å². The molecule has 8 rings (SSSR count). The molecule has 0 bridgehead atoms. The second kappa shape index (κ2) is 42.8. The van der Waals surface area contributed by atoms with Crippen molar-refractivity contribution in [3.8, 4) is 23.0 Å². The zero-order chi connectivity index (χ0) is 79.2. The number of amides is 5. The van der Waals surface area contributed by atoms with Crippen molar-refractivity contribution in [1.29, 1.82) is 0 Å². The van der Waals surface area contributed by atoms with Crippen LogP contribution in [0.3, 0.4) is 0 Å². The summed E-state index contributed by atoms with van der Waals surface area (Å²) in [5, 5.41) is 126. The molecule has 6 aromatic rings. The Morgan fingerprint density at radius 3 is 1.35 bits per heavy atom.